The minimum Gasteiger partial charge on any atom is -0.481 e. The number of amides is 1. The van der Waals surface area contributed by atoms with Gasteiger partial charge >= 0.3 is 5.97 Å². The lowest BCUT2D eigenvalue weighted by molar-refractivity contribution is -0.146. The number of carbonyl (C=O) groups excluding carboxylic acids is 1. The molecule has 1 saturated carbocycles. The highest BCUT2D eigenvalue weighted by atomic mass is 32.1. The van der Waals surface area contributed by atoms with E-state index >= 15 is 0 Å². The monoisotopic (exact) mass is 279 g/mol. The summed E-state index contributed by atoms with van der Waals surface area (Å²) in [6.07, 6.45) is 4.63. The number of carboxylic acid groups (broad SMARTS) is 1. The average Bonchev–Trinajstić information content (AvgIpc) is 3.03. The molecular weight excluding hydrogens is 266 g/mol. The highest BCUT2D eigenvalue weighted by molar-refractivity contribution is 7.09. The molecule has 19 heavy (non-hydrogen) atoms. The molecule has 2 N–H and O–H groups in total. The van der Waals surface area contributed by atoms with Crippen molar-refractivity contribution in [3.05, 3.63) is 18.0 Å². The van der Waals surface area contributed by atoms with E-state index in [-0.39, 0.29) is 17.7 Å². The van der Waals surface area contributed by atoms with Crippen molar-refractivity contribution in [3.63, 3.8) is 0 Å². The van der Waals surface area contributed by atoms with Crippen LogP contribution in [0.3, 0.4) is 0 Å². The first-order valence-electron chi connectivity index (χ1n) is 6.08. The minimum absolute atomic E-state index is 0.0191. The Morgan fingerprint density at radius 2 is 2.05 bits per heavy atom. The molecule has 1 aromatic rings. The Kier molecular flexibility index (Phi) is 2.85. The van der Waals surface area contributed by atoms with Crippen molar-refractivity contribution >= 4 is 28.5 Å². The van der Waals surface area contributed by atoms with E-state index in [1.54, 1.807) is 6.92 Å². The molecule has 0 aliphatic heterocycles. The standard InChI is InChI=1S/C12H13N3O3S/c1-5-13-12(19-15-5)14-10(16)8-6-2-3-7(4-6)9(8)11(17)18/h2-3,6-9H,4H2,1H3,(H,17,18)(H,13,14,15,16)/t6?,7?,8-,9+/m0/s1. The second kappa shape index (κ2) is 4.41. The van der Waals surface area contributed by atoms with Crippen LogP contribution in [0.25, 0.3) is 0 Å². The molecule has 0 spiro atoms. The number of nitrogens with zero attached hydrogens (tertiary/aromatic N) is 2. The van der Waals surface area contributed by atoms with Gasteiger partial charge in [0, 0.05) is 11.5 Å². The van der Waals surface area contributed by atoms with Crippen LogP contribution in [0.2, 0.25) is 0 Å². The number of carbonyl (C=O) groups is 2. The first-order chi connectivity index (χ1) is 9.06. The number of carboxylic acids is 1. The van der Waals surface area contributed by atoms with E-state index in [2.05, 4.69) is 14.7 Å². The summed E-state index contributed by atoms with van der Waals surface area (Å²) in [7, 11) is 0. The predicted molar refractivity (Wildman–Crippen MR) is 68.6 cm³/mol. The van der Waals surface area contributed by atoms with Crippen LogP contribution in [0, 0.1) is 30.6 Å². The van der Waals surface area contributed by atoms with Crippen LogP contribution in [-0.2, 0) is 9.59 Å². The van der Waals surface area contributed by atoms with Crippen LogP contribution >= 0.6 is 11.5 Å². The van der Waals surface area contributed by atoms with E-state index in [4.69, 9.17) is 0 Å². The summed E-state index contributed by atoms with van der Waals surface area (Å²) in [5.41, 5.74) is 0. The molecule has 7 heteroatoms. The fourth-order valence-corrected chi connectivity index (χ4v) is 3.63. The van der Waals surface area contributed by atoms with Crippen LogP contribution in [0.15, 0.2) is 12.2 Å². The van der Waals surface area contributed by atoms with Gasteiger partial charge in [0.25, 0.3) is 0 Å². The fourth-order valence-electron chi connectivity index (χ4n) is 3.05. The number of nitrogens with one attached hydrogen (secondary N) is 1. The molecule has 0 radical (unpaired) electrons. The van der Waals surface area contributed by atoms with Crippen LogP contribution < -0.4 is 5.32 Å². The first kappa shape index (κ1) is 12.3. The molecule has 0 aromatic carbocycles. The molecule has 1 aromatic heterocycles. The molecule has 1 heterocycles. The van der Waals surface area contributed by atoms with Crippen molar-refractivity contribution in [3.8, 4) is 0 Å². The maximum Gasteiger partial charge on any atom is 0.307 e. The van der Waals surface area contributed by atoms with Crippen molar-refractivity contribution in [1.82, 2.24) is 9.36 Å². The van der Waals surface area contributed by atoms with Gasteiger partial charge in [-0.15, -0.1) is 0 Å². The lowest BCUT2D eigenvalue weighted by atomic mass is 9.82. The predicted octanol–water partition coefficient (Wildman–Crippen LogP) is 1.31. The maximum absolute atomic E-state index is 12.3. The van der Waals surface area contributed by atoms with Gasteiger partial charge in [-0.3, -0.25) is 9.59 Å². The molecule has 3 rings (SSSR count). The first-order valence-corrected chi connectivity index (χ1v) is 6.86. The van der Waals surface area contributed by atoms with Gasteiger partial charge in [-0.1, -0.05) is 12.2 Å². The third-order valence-electron chi connectivity index (χ3n) is 3.80. The number of allylic oxidation sites excluding steroid dienone is 2. The van der Waals surface area contributed by atoms with Crippen LogP contribution in [0.1, 0.15) is 12.2 Å². The van der Waals surface area contributed by atoms with Gasteiger partial charge in [-0.05, 0) is 25.2 Å². The lowest BCUT2D eigenvalue weighted by Crippen LogP contribution is -2.36. The molecule has 2 aliphatic rings. The number of aryl methyl sites for hydroxylation is 1. The van der Waals surface area contributed by atoms with Gasteiger partial charge in [0.15, 0.2) is 0 Å². The van der Waals surface area contributed by atoms with Crippen LogP contribution in [0.4, 0.5) is 5.13 Å². The summed E-state index contributed by atoms with van der Waals surface area (Å²) in [5, 5.41) is 12.4. The molecule has 2 bridgehead atoms. The lowest BCUT2D eigenvalue weighted by Gasteiger charge is -2.23. The Balaban J connectivity index is 1.79. The zero-order valence-electron chi connectivity index (χ0n) is 10.2. The number of rotatable bonds is 3. The zero-order chi connectivity index (χ0) is 13.6. The fraction of sp³-hybridized carbons (Fsp3) is 0.500. The highest BCUT2D eigenvalue weighted by Crippen LogP contribution is 2.48. The van der Waals surface area contributed by atoms with Gasteiger partial charge < -0.3 is 10.4 Å². The molecule has 4 atom stereocenters. The molecule has 2 unspecified atom stereocenters. The van der Waals surface area contributed by atoms with Crippen molar-refractivity contribution < 1.29 is 14.7 Å². The summed E-state index contributed by atoms with van der Waals surface area (Å²) in [4.78, 5) is 27.6. The maximum atomic E-state index is 12.3. The van der Waals surface area contributed by atoms with Crippen molar-refractivity contribution in [2.75, 3.05) is 5.32 Å². The number of fused-ring (bicyclic) bond motifs is 2. The van der Waals surface area contributed by atoms with Crippen LogP contribution in [-0.4, -0.2) is 26.3 Å². The molecule has 2 aliphatic carbocycles. The van der Waals surface area contributed by atoms with E-state index in [1.807, 2.05) is 12.2 Å². The van der Waals surface area contributed by atoms with Gasteiger partial charge in [0.2, 0.25) is 11.0 Å². The quantitative estimate of drug-likeness (QED) is 0.814. The van der Waals surface area contributed by atoms with E-state index in [0.717, 1.165) is 18.0 Å². The Bertz CT molecular complexity index is 568. The number of aromatic nitrogens is 2. The van der Waals surface area contributed by atoms with Gasteiger partial charge in [-0.2, -0.15) is 4.37 Å². The molecule has 6 nitrogen and oxygen atoms in total. The smallest absolute Gasteiger partial charge is 0.307 e. The number of hydrogen-bond acceptors (Lipinski definition) is 5. The van der Waals surface area contributed by atoms with E-state index < -0.39 is 17.8 Å². The SMILES string of the molecule is Cc1nsc(NC(=O)[C@H]2C3C=CC(C3)[C@H]2C(=O)O)n1. The average molecular weight is 279 g/mol. The minimum atomic E-state index is -0.898. The Morgan fingerprint density at radius 1 is 1.37 bits per heavy atom. The number of aliphatic carboxylic acids is 1. The Morgan fingerprint density at radius 3 is 2.63 bits per heavy atom. The van der Waals surface area contributed by atoms with E-state index in [9.17, 15) is 14.7 Å². The van der Waals surface area contributed by atoms with Crippen molar-refractivity contribution in [2.45, 2.75) is 13.3 Å². The summed E-state index contributed by atoms with van der Waals surface area (Å²) in [5.74, 6) is -1.68. The molecule has 1 fully saturated rings. The Hall–Kier alpha value is -1.76. The van der Waals surface area contributed by atoms with Gasteiger partial charge in [0.05, 0.1) is 11.8 Å². The second-order valence-electron chi connectivity index (χ2n) is 4.97. The third kappa shape index (κ3) is 2.03. The van der Waals surface area contributed by atoms with Crippen molar-refractivity contribution in [2.24, 2.45) is 23.7 Å². The Labute approximate surface area is 113 Å². The topological polar surface area (TPSA) is 92.2 Å². The summed E-state index contributed by atoms with van der Waals surface area (Å²) in [6.45, 7) is 1.74. The number of hydrogen-bond donors (Lipinski definition) is 2. The van der Waals surface area contributed by atoms with E-state index in [0.29, 0.717) is 11.0 Å². The van der Waals surface area contributed by atoms with Crippen LogP contribution in [0.5, 0.6) is 0 Å². The van der Waals surface area contributed by atoms with Crippen molar-refractivity contribution in [1.29, 1.82) is 0 Å². The highest BCUT2D eigenvalue weighted by Gasteiger charge is 2.51. The van der Waals surface area contributed by atoms with Gasteiger partial charge in [-0.25, -0.2) is 4.98 Å². The summed E-state index contributed by atoms with van der Waals surface area (Å²) >= 11 is 1.11. The largest absolute Gasteiger partial charge is 0.481 e. The summed E-state index contributed by atoms with van der Waals surface area (Å²) < 4.78 is 3.98. The molecule has 1 amide bonds. The molecule has 100 valence electrons. The normalized spacial score (nSPS) is 31.6. The van der Waals surface area contributed by atoms with E-state index in [1.165, 1.54) is 0 Å². The molecular formula is C12H13N3O3S. The zero-order valence-corrected chi connectivity index (χ0v) is 11.1. The molecule has 0 saturated heterocycles. The second-order valence-corrected chi connectivity index (χ2v) is 5.73. The van der Waals surface area contributed by atoms with Gasteiger partial charge in [0.1, 0.15) is 5.82 Å². The number of anilines is 1. The summed E-state index contributed by atoms with van der Waals surface area (Å²) in [6, 6.07) is 0. The third-order valence-corrected chi connectivity index (χ3v) is 4.53.